The number of likely N-dealkylation sites (tertiary alicyclic amines) is 1. The third-order valence-corrected chi connectivity index (χ3v) is 7.09. The minimum Gasteiger partial charge on any atom is -0.369 e. The molecule has 38 heavy (non-hydrogen) atoms. The maximum absolute atomic E-state index is 12.8. The van der Waals surface area contributed by atoms with Crippen LogP contribution in [0.5, 0.6) is 0 Å². The van der Waals surface area contributed by atoms with E-state index in [1.54, 1.807) is 0 Å². The Balaban J connectivity index is 1.12. The number of anilines is 2. The number of hydrogen-bond acceptors (Lipinski definition) is 5. The monoisotopic (exact) mass is 543 g/mol. The summed E-state index contributed by atoms with van der Waals surface area (Å²) in [6, 6.07) is 7.61. The number of carbonyl (C=O) groups is 1. The van der Waals surface area contributed by atoms with Gasteiger partial charge in [0.15, 0.2) is 0 Å². The van der Waals surface area contributed by atoms with Gasteiger partial charge in [0.2, 0.25) is 5.91 Å². The zero-order valence-electron chi connectivity index (χ0n) is 20.9. The van der Waals surface area contributed by atoms with Gasteiger partial charge in [-0.2, -0.15) is 26.3 Å². The van der Waals surface area contributed by atoms with Gasteiger partial charge in [0.05, 0.1) is 11.1 Å². The lowest BCUT2D eigenvalue weighted by atomic mass is 10.0. The lowest BCUT2D eigenvalue weighted by Gasteiger charge is -2.36. The molecule has 0 spiro atoms. The smallest absolute Gasteiger partial charge is 0.369 e. The molecule has 0 unspecified atom stereocenters. The van der Waals surface area contributed by atoms with E-state index < -0.39 is 23.5 Å². The first-order valence-electron chi connectivity index (χ1n) is 12.7. The molecule has 6 nitrogen and oxygen atoms in total. The van der Waals surface area contributed by atoms with E-state index in [0.29, 0.717) is 51.3 Å². The minimum absolute atomic E-state index is 0.0456. The molecule has 2 saturated heterocycles. The van der Waals surface area contributed by atoms with Gasteiger partial charge >= 0.3 is 12.4 Å². The Hall–Kier alpha value is -3.02. The van der Waals surface area contributed by atoms with Gasteiger partial charge in [-0.3, -0.25) is 9.69 Å². The van der Waals surface area contributed by atoms with E-state index >= 15 is 0 Å². The molecule has 0 atom stereocenters. The highest BCUT2D eigenvalue weighted by Gasteiger charge is 2.31. The van der Waals surface area contributed by atoms with Crippen LogP contribution in [0.3, 0.4) is 0 Å². The molecule has 1 N–H and O–H groups in total. The third kappa shape index (κ3) is 7.52. The molecule has 0 saturated carbocycles. The summed E-state index contributed by atoms with van der Waals surface area (Å²) in [5, 5.41) is 3.15. The van der Waals surface area contributed by atoms with Crippen LogP contribution in [0.15, 0.2) is 42.6 Å². The number of nitrogens with zero attached hydrogens (tertiary/aromatic N) is 4. The molecule has 0 bridgehead atoms. The highest BCUT2D eigenvalue weighted by atomic mass is 19.4. The van der Waals surface area contributed by atoms with Crippen molar-refractivity contribution in [3.63, 3.8) is 0 Å². The Bertz CT molecular complexity index is 1040. The Morgan fingerprint density at radius 2 is 1.45 bits per heavy atom. The number of hydrogen-bond donors (Lipinski definition) is 1. The Labute approximate surface area is 217 Å². The number of benzene rings is 1. The highest BCUT2D eigenvalue weighted by molar-refractivity contribution is 5.76. The van der Waals surface area contributed by atoms with Crippen LogP contribution in [0.2, 0.25) is 0 Å². The minimum atomic E-state index is -4.42. The molecular weight excluding hydrogens is 512 g/mol. The van der Waals surface area contributed by atoms with E-state index in [1.807, 2.05) is 4.90 Å². The topological polar surface area (TPSA) is 51.7 Å². The average Bonchev–Trinajstić information content (AvgIpc) is 2.89. The summed E-state index contributed by atoms with van der Waals surface area (Å²) in [6.45, 7) is 4.95. The number of carbonyl (C=O) groups excluding carboxylic acids is 1. The summed E-state index contributed by atoms with van der Waals surface area (Å²) in [7, 11) is 0. The Morgan fingerprint density at radius 3 is 2.00 bits per heavy atom. The second kappa shape index (κ2) is 11.8. The van der Waals surface area contributed by atoms with Crippen LogP contribution in [0.25, 0.3) is 0 Å². The summed E-state index contributed by atoms with van der Waals surface area (Å²) >= 11 is 0. The zero-order valence-corrected chi connectivity index (χ0v) is 20.9. The van der Waals surface area contributed by atoms with Gasteiger partial charge in [-0.25, -0.2) is 4.98 Å². The number of nitrogens with one attached hydrogen (secondary N) is 1. The van der Waals surface area contributed by atoms with Crippen LogP contribution >= 0.6 is 0 Å². The van der Waals surface area contributed by atoms with Crippen molar-refractivity contribution in [3.05, 3.63) is 53.7 Å². The second-order valence-corrected chi connectivity index (χ2v) is 9.71. The summed E-state index contributed by atoms with van der Waals surface area (Å²) in [5.74, 6) is 0.487. The summed E-state index contributed by atoms with van der Waals surface area (Å²) in [6.07, 6.45) is -5.38. The molecule has 12 heteroatoms. The number of alkyl halides is 6. The molecule has 2 aliphatic heterocycles. The predicted molar refractivity (Wildman–Crippen MR) is 132 cm³/mol. The largest absolute Gasteiger partial charge is 0.417 e. The number of rotatable bonds is 7. The molecule has 2 aliphatic rings. The molecular formula is C26H31F6N5O. The Kier molecular flexibility index (Phi) is 8.69. The summed E-state index contributed by atoms with van der Waals surface area (Å²) in [4.78, 5) is 22.7. The van der Waals surface area contributed by atoms with E-state index in [-0.39, 0.29) is 11.9 Å². The number of pyridine rings is 1. The number of halogens is 6. The first-order chi connectivity index (χ1) is 18.0. The van der Waals surface area contributed by atoms with E-state index in [0.717, 1.165) is 56.1 Å². The average molecular weight is 544 g/mol. The van der Waals surface area contributed by atoms with Crippen LogP contribution in [-0.4, -0.2) is 72.5 Å². The van der Waals surface area contributed by atoms with Crippen LogP contribution < -0.4 is 10.2 Å². The van der Waals surface area contributed by atoms with Gasteiger partial charge in [-0.1, -0.05) is 0 Å². The fourth-order valence-corrected chi connectivity index (χ4v) is 4.83. The fourth-order valence-electron chi connectivity index (χ4n) is 4.83. The van der Waals surface area contributed by atoms with Crippen LogP contribution in [0, 0.1) is 0 Å². The van der Waals surface area contributed by atoms with Gasteiger partial charge in [0.1, 0.15) is 5.82 Å². The predicted octanol–water partition coefficient (Wildman–Crippen LogP) is 5.12. The van der Waals surface area contributed by atoms with Crippen LogP contribution in [0.1, 0.15) is 36.8 Å². The number of amides is 1. The zero-order chi connectivity index (χ0) is 27.3. The fraction of sp³-hybridized carbons (Fsp3) is 0.538. The maximum Gasteiger partial charge on any atom is 0.417 e. The van der Waals surface area contributed by atoms with Crippen molar-refractivity contribution < 1.29 is 31.1 Å². The molecule has 1 aromatic heterocycles. The van der Waals surface area contributed by atoms with E-state index in [9.17, 15) is 31.1 Å². The van der Waals surface area contributed by atoms with Crippen molar-refractivity contribution in [3.8, 4) is 0 Å². The van der Waals surface area contributed by atoms with Crippen molar-refractivity contribution in [2.24, 2.45) is 0 Å². The van der Waals surface area contributed by atoms with E-state index in [2.05, 4.69) is 20.1 Å². The molecule has 1 amide bonds. The van der Waals surface area contributed by atoms with Crippen molar-refractivity contribution in [1.29, 1.82) is 0 Å². The van der Waals surface area contributed by atoms with Gasteiger partial charge in [0.25, 0.3) is 0 Å². The molecule has 1 aromatic carbocycles. The van der Waals surface area contributed by atoms with Gasteiger partial charge in [-0.05, 0) is 62.2 Å². The second-order valence-electron chi connectivity index (χ2n) is 9.71. The van der Waals surface area contributed by atoms with Crippen LogP contribution in [-0.2, 0) is 17.1 Å². The quantitative estimate of drug-likeness (QED) is 0.492. The van der Waals surface area contributed by atoms with Crippen molar-refractivity contribution in [1.82, 2.24) is 14.8 Å². The van der Waals surface area contributed by atoms with Crippen molar-refractivity contribution in [2.45, 2.75) is 44.1 Å². The van der Waals surface area contributed by atoms with E-state index in [4.69, 9.17) is 0 Å². The number of piperazine rings is 1. The lowest BCUT2D eigenvalue weighted by Crippen LogP contribution is -2.47. The maximum atomic E-state index is 12.8. The highest BCUT2D eigenvalue weighted by Crippen LogP contribution is 2.31. The SMILES string of the molecule is O=C(CCCN1CCN(c2ccc(C(F)(F)F)cc2)CC1)N1CCC(Nc2ccc(C(F)(F)F)cn2)CC1. The molecule has 4 rings (SSSR count). The molecule has 2 fully saturated rings. The summed E-state index contributed by atoms with van der Waals surface area (Å²) in [5.41, 5.74) is -0.662. The van der Waals surface area contributed by atoms with Crippen LogP contribution in [0.4, 0.5) is 37.8 Å². The standard InChI is InChI=1S/C26H31F6N5O/c27-25(28,29)19-3-6-22(7-4-19)36-16-14-35(15-17-36)11-1-2-24(38)37-12-9-21(10-13-37)34-23-8-5-20(18-33-23)26(30,31)32/h3-8,18,21H,1-2,9-17H2,(H,33,34). The molecule has 3 heterocycles. The normalized spacial score (nSPS) is 18.1. The lowest BCUT2D eigenvalue weighted by molar-refractivity contribution is -0.138. The summed E-state index contributed by atoms with van der Waals surface area (Å²) < 4.78 is 76.3. The molecule has 2 aromatic rings. The third-order valence-electron chi connectivity index (χ3n) is 7.09. The number of piperidine rings is 1. The van der Waals surface area contributed by atoms with Gasteiger partial charge in [0, 0.05) is 63.6 Å². The molecule has 208 valence electrons. The molecule has 0 aliphatic carbocycles. The van der Waals surface area contributed by atoms with E-state index in [1.165, 1.54) is 18.2 Å². The van der Waals surface area contributed by atoms with Gasteiger partial charge in [-0.15, -0.1) is 0 Å². The van der Waals surface area contributed by atoms with Crippen molar-refractivity contribution >= 4 is 17.4 Å². The first kappa shape index (κ1) is 28.0. The first-order valence-corrected chi connectivity index (χ1v) is 12.7. The van der Waals surface area contributed by atoms with Crippen molar-refractivity contribution in [2.75, 3.05) is 56.0 Å². The van der Waals surface area contributed by atoms with Gasteiger partial charge < -0.3 is 15.1 Å². The molecule has 0 radical (unpaired) electrons. The number of aromatic nitrogens is 1. The Morgan fingerprint density at radius 1 is 0.842 bits per heavy atom.